The summed E-state index contributed by atoms with van der Waals surface area (Å²) in [6.45, 7) is 12.1. The van der Waals surface area contributed by atoms with Gasteiger partial charge in [0.05, 0.1) is 0 Å². The number of aryl methyl sites for hydroxylation is 2. The van der Waals surface area contributed by atoms with E-state index in [2.05, 4.69) is 36.2 Å². The van der Waals surface area contributed by atoms with Crippen molar-refractivity contribution in [1.29, 1.82) is 0 Å². The quantitative estimate of drug-likeness (QED) is 0.611. The molecule has 0 atom stereocenters. The van der Waals surface area contributed by atoms with Crippen molar-refractivity contribution < 1.29 is 0 Å². The predicted octanol–water partition coefficient (Wildman–Crippen LogP) is 4.90. The molecule has 0 unspecified atom stereocenters. The first-order chi connectivity index (χ1) is 7.75. The van der Waals surface area contributed by atoms with Crippen LogP contribution in [0.1, 0.15) is 39.0 Å². The maximum atomic E-state index is 4.25. The van der Waals surface area contributed by atoms with Gasteiger partial charge in [0.25, 0.3) is 0 Å². The number of fused-ring (bicyclic) bond motifs is 1. The Morgan fingerprint density at radius 2 is 1.44 bits per heavy atom. The van der Waals surface area contributed by atoms with Gasteiger partial charge in [0.1, 0.15) is 0 Å². The Balaban J connectivity index is 0.000000509. The van der Waals surface area contributed by atoms with E-state index in [4.69, 9.17) is 0 Å². The van der Waals surface area contributed by atoms with Crippen molar-refractivity contribution in [2.75, 3.05) is 0 Å². The molecule has 88 valence electrons. The van der Waals surface area contributed by atoms with Gasteiger partial charge in [-0.05, 0) is 31.4 Å². The van der Waals surface area contributed by atoms with E-state index in [0.717, 1.165) is 5.69 Å². The van der Waals surface area contributed by atoms with E-state index >= 15 is 0 Å². The first kappa shape index (κ1) is 14.6. The molecule has 0 N–H and O–H groups in total. The van der Waals surface area contributed by atoms with Gasteiger partial charge in [0, 0.05) is 17.3 Å². The minimum Gasteiger partial charge on any atom is -0.261 e. The summed E-state index contributed by atoms with van der Waals surface area (Å²) in [6.07, 6.45) is 1.93. The van der Waals surface area contributed by atoms with Crippen LogP contribution in [0.4, 0.5) is 0 Å². The zero-order chi connectivity index (χ0) is 12.6. The summed E-state index contributed by atoms with van der Waals surface area (Å²) in [5.41, 5.74) is 2.36. The van der Waals surface area contributed by atoms with Crippen LogP contribution in [0.3, 0.4) is 0 Å². The highest BCUT2D eigenvalue weighted by Gasteiger charge is 1.93. The molecule has 1 heteroatoms. The Morgan fingerprint density at radius 1 is 0.812 bits per heavy atom. The molecular formula is C15H23N. The van der Waals surface area contributed by atoms with Gasteiger partial charge in [-0.2, -0.15) is 0 Å². The minimum absolute atomic E-state index is 1.08. The SMILES string of the molecule is CC.CC.Cc1ccc2cc(C)ncc2c1. The lowest BCUT2D eigenvalue weighted by atomic mass is 10.1. The van der Waals surface area contributed by atoms with Gasteiger partial charge in [-0.3, -0.25) is 4.98 Å². The number of hydrogen-bond acceptors (Lipinski definition) is 1. The third-order valence-electron chi connectivity index (χ3n) is 2.01. The Hall–Kier alpha value is -1.37. The molecule has 0 aliphatic carbocycles. The Morgan fingerprint density at radius 3 is 2.06 bits per heavy atom. The second kappa shape index (κ2) is 7.86. The molecule has 0 aliphatic heterocycles. The van der Waals surface area contributed by atoms with E-state index in [0.29, 0.717) is 0 Å². The van der Waals surface area contributed by atoms with Gasteiger partial charge in [0.15, 0.2) is 0 Å². The summed E-state index contributed by atoms with van der Waals surface area (Å²) in [7, 11) is 0. The molecule has 0 aliphatic rings. The van der Waals surface area contributed by atoms with Crippen LogP contribution in [-0.2, 0) is 0 Å². The molecule has 1 heterocycles. The van der Waals surface area contributed by atoms with E-state index < -0.39 is 0 Å². The molecule has 0 saturated heterocycles. The summed E-state index contributed by atoms with van der Waals surface area (Å²) in [5, 5.41) is 2.49. The van der Waals surface area contributed by atoms with Crippen molar-refractivity contribution in [2.45, 2.75) is 41.5 Å². The summed E-state index contributed by atoms with van der Waals surface area (Å²) in [5.74, 6) is 0. The zero-order valence-corrected chi connectivity index (χ0v) is 11.3. The fourth-order valence-corrected chi connectivity index (χ4v) is 1.37. The lowest BCUT2D eigenvalue weighted by Gasteiger charge is -1.99. The van der Waals surface area contributed by atoms with Crippen molar-refractivity contribution in [2.24, 2.45) is 0 Å². The lowest BCUT2D eigenvalue weighted by Crippen LogP contribution is -1.81. The molecule has 1 aromatic carbocycles. The van der Waals surface area contributed by atoms with Crippen molar-refractivity contribution in [1.82, 2.24) is 4.98 Å². The maximum Gasteiger partial charge on any atom is 0.0379 e. The first-order valence-electron chi connectivity index (χ1n) is 6.09. The Kier molecular flexibility index (Phi) is 7.19. The van der Waals surface area contributed by atoms with Crippen LogP contribution >= 0.6 is 0 Å². The topological polar surface area (TPSA) is 12.9 Å². The van der Waals surface area contributed by atoms with Crippen molar-refractivity contribution in [3.63, 3.8) is 0 Å². The van der Waals surface area contributed by atoms with Crippen LogP contribution in [0, 0.1) is 13.8 Å². The lowest BCUT2D eigenvalue weighted by molar-refractivity contribution is 1.22. The Labute approximate surface area is 99.5 Å². The molecule has 0 saturated carbocycles. The normalized spacial score (nSPS) is 8.62. The van der Waals surface area contributed by atoms with Gasteiger partial charge >= 0.3 is 0 Å². The average Bonchev–Trinajstić information content (AvgIpc) is 2.35. The Bertz CT molecular complexity index is 377. The number of rotatable bonds is 0. The number of nitrogens with zero attached hydrogens (tertiary/aromatic N) is 1. The first-order valence-corrected chi connectivity index (χ1v) is 6.09. The van der Waals surface area contributed by atoms with E-state index in [1.165, 1.54) is 16.3 Å². The highest BCUT2D eigenvalue weighted by atomic mass is 14.6. The number of pyridine rings is 1. The van der Waals surface area contributed by atoms with Crippen LogP contribution in [-0.4, -0.2) is 4.98 Å². The molecule has 16 heavy (non-hydrogen) atoms. The molecule has 1 nitrogen and oxygen atoms in total. The summed E-state index contributed by atoms with van der Waals surface area (Å²) >= 11 is 0. The number of benzene rings is 1. The average molecular weight is 217 g/mol. The standard InChI is InChI=1S/C11H11N.2C2H6/c1-8-3-4-10-6-9(2)12-7-11(10)5-8;2*1-2/h3-7H,1-2H3;2*1-2H3. The molecular weight excluding hydrogens is 194 g/mol. The van der Waals surface area contributed by atoms with E-state index in [9.17, 15) is 0 Å². The highest BCUT2D eigenvalue weighted by molar-refractivity contribution is 5.82. The van der Waals surface area contributed by atoms with Gasteiger partial charge in [-0.25, -0.2) is 0 Å². The van der Waals surface area contributed by atoms with E-state index in [1.54, 1.807) is 0 Å². The summed E-state index contributed by atoms with van der Waals surface area (Å²) < 4.78 is 0. The van der Waals surface area contributed by atoms with Crippen molar-refractivity contribution in [3.8, 4) is 0 Å². The van der Waals surface area contributed by atoms with E-state index in [1.807, 2.05) is 40.8 Å². The zero-order valence-electron chi connectivity index (χ0n) is 11.3. The molecule has 0 radical (unpaired) electrons. The van der Waals surface area contributed by atoms with Crippen molar-refractivity contribution >= 4 is 10.8 Å². The molecule has 0 fully saturated rings. The van der Waals surface area contributed by atoms with Gasteiger partial charge in [-0.1, -0.05) is 45.4 Å². The van der Waals surface area contributed by atoms with Gasteiger partial charge in [-0.15, -0.1) is 0 Å². The van der Waals surface area contributed by atoms with Gasteiger partial charge < -0.3 is 0 Å². The minimum atomic E-state index is 1.08. The smallest absolute Gasteiger partial charge is 0.0379 e. The summed E-state index contributed by atoms with van der Waals surface area (Å²) in [4.78, 5) is 4.25. The van der Waals surface area contributed by atoms with Crippen LogP contribution in [0.15, 0.2) is 30.5 Å². The van der Waals surface area contributed by atoms with Crippen LogP contribution in [0.2, 0.25) is 0 Å². The molecule has 2 aromatic rings. The second-order valence-electron chi connectivity index (χ2n) is 3.18. The number of hydrogen-bond donors (Lipinski definition) is 0. The van der Waals surface area contributed by atoms with Crippen LogP contribution in [0.25, 0.3) is 10.8 Å². The second-order valence-corrected chi connectivity index (χ2v) is 3.18. The number of aromatic nitrogens is 1. The van der Waals surface area contributed by atoms with Crippen LogP contribution < -0.4 is 0 Å². The molecule has 1 aromatic heterocycles. The predicted molar refractivity (Wildman–Crippen MR) is 73.9 cm³/mol. The highest BCUT2D eigenvalue weighted by Crippen LogP contribution is 2.14. The largest absolute Gasteiger partial charge is 0.261 e. The maximum absolute atomic E-state index is 4.25. The molecule has 2 rings (SSSR count). The van der Waals surface area contributed by atoms with E-state index in [-0.39, 0.29) is 0 Å². The van der Waals surface area contributed by atoms with Gasteiger partial charge in [0.2, 0.25) is 0 Å². The third-order valence-corrected chi connectivity index (χ3v) is 2.01. The third kappa shape index (κ3) is 4.01. The molecule has 0 amide bonds. The monoisotopic (exact) mass is 217 g/mol. The van der Waals surface area contributed by atoms with Crippen LogP contribution in [0.5, 0.6) is 0 Å². The molecule has 0 spiro atoms. The summed E-state index contributed by atoms with van der Waals surface area (Å²) in [6, 6.07) is 8.53. The molecule has 0 bridgehead atoms. The fourth-order valence-electron chi connectivity index (χ4n) is 1.37. The van der Waals surface area contributed by atoms with Crippen molar-refractivity contribution in [3.05, 3.63) is 41.7 Å². The fraction of sp³-hybridized carbons (Fsp3) is 0.400.